The van der Waals surface area contributed by atoms with Crippen LogP contribution in [-0.2, 0) is 26.5 Å². The Balaban J connectivity index is 0.00000476. The minimum Gasteiger partial charge on any atom is -0.616 e. The molecule has 9 heteroatoms. The number of hydrogen-bond donors (Lipinski definition) is 0. The summed E-state index contributed by atoms with van der Waals surface area (Å²) in [7, 11) is 2.58. The largest absolute Gasteiger partial charge is 2.00 e. The quantitative estimate of drug-likeness (QED) is 0.176. The summed E-state index contributed by atoms with van der Waals surface area (Å²) in [5.41, 5.74) is 13.5. The summed E-state index contributed by atoms with van der Waals surface area (Å²) in [6.07, 6.45) is 12.1. The van der Waals surface area contributed by atoms with E-state index < -0.39 is 11.9 Å². The van der Waals surface area contributed by atoms with E-state index in [4.69, 9.17) is 29.4 Å². The summed E-state index contributed by atoms with van der Waals surface area (Å²) in [6.45, 7) is 0. The van der Waals surface area contributed by atoms with Gasteiger partial charge in [0.05, 0.1) is 57.5 Å². The SMILES string of the molecule is CO/C([O-])=c1\cc2c(c\c1=C(\[O-])OC)C1=C(c3ccccc3)C3=NC(=C(c4ccccc4)C4=NC(=C(c5ccccc5)C5=NC(=C(c6ccccc6)C2=N1)C=C5)C=C4)C=C3.[Cu+2]. The molecule has 0 atom stereocenters. The number of allylic oxidation sites excluding steroid dienone is 10. The van der Waals surface area contributed by atoms with Gasteiger partial charge in [0.1, 0.15) is 0 Å². The van der Waals surface area contributed by atoms with Crippen LogP contribution >= 0.6 is 0 Å². The molecule has 5 aromatic carbocycles. The van der Waals surface area contributed by atoms with Crippen molar-refractivity contribution >= 4 is 62.7 Å². The van der Waals surface area contributed by atoms with Crippen LogP contribution in [0.2, 0.25) is 0 Å². The van der Waals surface area contributed by atoms with Crippen LogP contribution in [-0.4, -0.2) is 37.1 Å². The van der Waals surface area contributed by atoms with Gasteiger partial charge >= 0.3 is 17.1 Å². The van der Waals surface area contributed by atoms with Crippen molar-refractivity contribution in [2.45, 2.75) is 0 Å². The zero-order chi connectivity index (χ0) is 40.7. The average Bonchev–Trinajstić information content (AvgIpc) is 4.14. The molecule has 0 N–H and O–H groups in total. The van der Waals surface area contributed by atoms with Crippen molar-refractivity contribution in [1.82, 2.24) is 0 Å². The Bertz CT molecular complexity index is 3130. The van der Waals surface area contributed by atoms with Crippen molar-refractivity contribution in [2.24, 2.45) is 20.0 Å². The normalized spacial score (nSPS) is 17.1. The minimum absolute atomic E-state index is 0. The molecule has 0 unspecified atom stereocenters. The van der Waals surface area contributed by atoms with Gasteiger partial charge in [-0.25, -0.2) is 20.0 Å². The van der Waals surface area contributed by atoms with Gasteiger partial charge in [-0.05, 0) is 85.1 Å². The van der Waals surface area contributed by atoms with Crippen molar-refractivity contribution in [1.29, 1.82) is 0 Å². The Kier molecular flexibility index (Phi) is 10.4. The Hall–Kier alpha value is -7.58. The first kappa shape index (κ1) is 38.9. The molecule has 1 radical (unpaired) electrons. The fourth-order valence-electron chi connectivity index (χ4n) is 8.17. The second kappa shape index (κ2) is 16.2. The van der Waals surface area contributed by atoms with Gasteiger partial charge in [-0.15, -0.1) is 0 Å². The first-order valence-corrected chi connectivity index (χ1v) is 19.5. The molecular weight excluding hydrogens is 808 g/mol. The maximum Gasteiger partial charge on any atom is 2.00 e. The van der Waals surface area contributed by atoms with Crippen LogP contribution in [0.5, 0.6) is 0 Å². The van der Waals surface area contributed by atoms with Crippen LogP contribution in [0.3, 0.4) is 0 Å². The topological polar surface area (TPSA) is 114 Å². The first-order valence-electron chi connectivity index (χ1n) is 19.5. The van der Waals surface area contributed by atoms with Gasteiger partial charge in [0, 0.05) is 43.9 Å². The van der Waals surface area contributed by atoms with Crippen LogP contribution in [0.4, 0.5) is 0 Å². The van der Waals surface area contributed by atoms with Gasteiger partial charge in [-0.2, -0.15) is 0 Å². The van der Waals surface area contributed by atoms with E-state index in [9.17, 15) is 10.2 Å². The van der Waals surface area contributed by atoms with E-state index in [1.807, 2.05) is 134 Å². The molecule has 5 aliphatic heterocycles. The van der Waals surface area contributed by atoms with Gasteiger partial charge < -0.3 is 19.7 Å². The molecule has 0 saturated heterocycles. The van der Waals surface area contributed by atoms with Crippen molar-refractivity contribution in [2.75, 3.05) is 14.2 Å². The van der Waals surface area contributed by atoms with Crippen LogP contribution < -0.4 is 20.7 Å². The van der Waals surface area contributed by atoms with Crippen molar-refractivity contribution in [3.63, 3.8) is 0 Å². The second-order valence-corrected chi connectivity index (χ2v) is 14.3. The third-order valence-corrected chi connectivity index (χ3v) is 10.9. The van der Waals surface area contributed by atoms with E-state index in [1.54, 1.807) is 12.1 Å². The molecule has 10 rings (SSSR count). The molecule has 0 spiro atoms. The average molecular weight is 842 g/mol. The molecule has 297 valence electrons. The minimum atomic E-state index is -0.679. The number of ether oxygens (including phenoxy) is 2. The maximum absolute atomic E-state index is 13.5. The van der Waals surface area contributed by atoms with E-state index in [0.717, 1.165) is 67.4 Å². The van der Waals surface area contributed by atoms with Crippen molar-refractivity contribution < 1.29 is 36.8 Å². The Morgan fingerprint density at radius 1 is 0.410 bits per heavy atom. The molecular formula is C52H34CuN4O4. The molecule has 8 nitrogen and oxygen atoms in total. The number of aliphatic imine (C=N–C) groups is 4. The van der Waals surface area contributed by atoms with Crippen LogP contribution in [0, 0.1) is 0 Å². The molecule has 0 aliphatic carbocycles. The van der Waals surface area contributed by atoms with E-state index in [1.165, 1.54) is 14.2 Å². The zero-order valence-corrected chi connectivity index (χ0v) is 33.8. The third-order valence-electron chi connectivity index (χ3n) is 10.9. The number of rotatable bonds is 6. The van der Waals surface area contributed by atoms with Gasteiger partial charge in [-0.3, -0.25) is 0 Å². The summed E-state index contributed by atoms with van der Waals surface area (Å²) >= 11 is 0. The van der Waals surface area contributed by atoms with E-state index in [0.29, 0.717) is 33.9 Å². The number of methoxy groups -OCH3 is 2. The molecule has 5 aliphatic rings. The second-order valence-electron chi connectivity index (χ2n) is 14.3. The fourth-order valence-corrected chi connectivity index (χ4v) is 8.17. The predicted octanol–water partition coefficient (Wildman–Crippen LogP) is 6.78. The molecule has 61 heavy (non-hydrogen) atoms. The fraction of sp³-hybridized carbons (Fsp3) is 0.0385. The summed E-state index contributed by atoms with van der Waals surface area (Å²) in [5.74, 6) is -1.36. The van der Waals surface area contributed by atoms with E-state index >= 15 is 0 Å². The maximum atomic E-state index is 13.5. The number of benzene rings is 5. The summed E-state index contributed by atoms with van der Waals surface area (Å²) in [5, 5.41) is 27.1. The third kappa shape index (κ3) is 6.86. The summed E-state index contributed by atoms with van der Waals surface area (Å²) < 4.78 is 10.5. The predicted molar refractivity (Wildman–Crippen MR) is 236 cm³/mol. The Labute approximate surface area is 362 Å². The number of fused-ring (bicyclic) bond motifs is 7. The monoisotopic (exact) mass is 841 g/mol. The molecule has 8 bridgehead atoms. The van der Waals surface area contributed by atoms with Crippen LogP contribution in [0.15, 0.2) is 207 Å². The van der Waals surface area contributed by atoms with Gasteiger partial charge in [0.15, 0.2) is 0 Å². The number of hydrogen-bond acceptors (Lipinski definition) is 8. The Morgan fingerprint density at radius 2 is 0.754 bits per heavy atom. The summed E-state index contributed by atoms with van der Waals surface area (Å²) in [6, 6.07) is 43.6. The standard InChI is InChI=1S/C52H36N4O4.Cu/c1-59-51(57)37-29-35-36(30-38(37)52(58)60-2)50-48(34-21-13-6-14-22-34)44-28-26-42(55-44)46(32-17-9-4-10-18-32)40-24-23-39(53-40)45(31-15-7-3-8-16-31)41-25-27-43(54-41)47(49(35)56-50)33-19-11-5-12-20-33;/h3-30,57-58H,1-2H3;/q;+2/p-2/b45-39?,45-41?,46-40?,46-42?,47-43?,48-44?,49-47?,50-48?,51-37+,52-38+;. The van der Waals surface area contributed by atoms with E-state index in [-0.39, 0.29) is 27.5 Å². The molecule has 0 amide bonds. The van der Waals surface area contributed by atoms with E-state index in [2.05, 4.69) is 24.3 Å². The zero-order valence-electron chi connectivity index (χ0n) is 32.9. The molecule has 5 heterocycles. The Morgan fingerprint density at radius 3 is 1.16 bits per heavy atom. The first-order chi connectivity index (χ1) is 29.5. The van der Waals surface area contributed by atoms with Crippen LogP contribution in [0.25, 0.3) is 39.9 Å². The van der Waals surface area contributed by atoms with Crippen molar-refractivity contribution in [3.05, 3.63) is 231 Å². The molecule has 0 fully saturated rings. The molecule has 5 aromatic rings. The summed E-state index contributed by atoms with van der Waals surface area (Å²) in [4.78, 5) is 21.6. The number of nitrogens with zero attached hydrogens (tertiary/aromatic N) is 4. The van der Waals surface area contributed by atoms with Gasteiger partial charge in [-0.1, -0.05) is 121 Å². The molecule has 0 saturated carbocycles. The smallest absolute Gasteiger partial charge is 0.616 e. The molecule has 0 aromatic heterocycles. The van der Waals surface area contributed by atoms with Crippen molar-refractivity contribution in [3.8, 4) is 0 Å². The van der Waals surface area contributed by atoms with Gasteiger partial charge in [0.25, 0.3) is 0 Å². The van der Waals surface area contributed by atoms with Gasteiger partial charge in [0.2, 0.25) is 0 Å². The van der Waals surface area contributed by atoms with Crippen LogP contribution in [0.1, 0.15) is 33.4 Å².